The van der Waals surface area contributed by atoms with Crippen LogP contribution in [0.25, 0.3) is 0 Å². The van der Waals surface area contributed by atoms with Crippen LogP contribution in [0, 0.1) is 12.7 Å². The summed E-state index contributed by atoms with van der Waals surface area (Å²) in [7, 11) is -2.29. The van der Waals surface area contributed by atoms with Crippen LogP contribution in [0.1, 0.15) is 11.1 Å². The Hall–Kier alpha value is -2.08. The van der Waals surface area contributed by atoms with Crippen LogP contribution in [-0.2, 0) is 15.6 Å². The molecule has 112 valence electrons. The van der Waals surface area contributed by atoms with Crippen molar-refractivity contribution < 1.29 is 17.5 Å². The highest BCUT2D eigenvalue weighted by Gasteiger charge is 2.19. The third kappa shape index (κ3) is 3.33. The van der Waals surface area contributed by atoms with Gasteiger partial charge >= 0.3 is 0 Å². The molecule has 0 bridgehead atoms. The van der Waals surface area contributed by atoms with Crippen LogP contribution in [0.5, 0.6) is 5.75 Å². The van der Waals surface area contributed by atoms with Gasteiger partial charge in [0.25, 0.3) is 0 Å². The summed E-state index contributed by atoms with van der Waals surface area (Å²) >= 11 is 0. The number of rotatable bonds is 4. The van der Waals surface area contributed by atoms with Gasteiger partial charge in [0.15, 0.2) is 21.4 Å². The average molecular weight is 309 g/mol. The van der Waals surface area contributed by atoms with Crippen molar-refractivity contribution in [1.29, 1.82) is 0 Å². The Labute approximate surface area is 123 Å². The summed E-state index contributed by atoms with van der Waals surface area (Å²) in [5.74, 6) is -0.838. The smallest absolute Gasteiger partial charge is 0.184 e. The maximum absolute atomic E-state index is 13.6. The summed E-state index contributed by atoms with van der Waals surface area (Å²) in [5.41, 5.74) is 7.06. The Kier molecular flexibility index (Phi) is 4.18. The molecule has 2 N–H and O–H groups in total. The molecule has 0 aliphatic carbocycles. The lowest BCUT2D eigenvalue weighted by Gasteiger charge is -2.09. The Morgan fingerprint density at radius 2 is 1.90 bits per heavy atom. The van der Waals surface area contributed by atoms with Gasteiger partial charge in [-0.05, 0) is 42.3 Å². The first kappa shape index (κ1) is 15.3. The normalized spacial score (nSPS) is 11.4. The van der Waals surface area contributed by atoms with Crippen LogP contribution < -0.4 is 10.5 Å². The first-order chi connectivity index (χ1) is 9.83. The van der Waals surface area contributed by atoms with E-state index >= 15 is 0 Å². The van der Waals surface area contributed by atoms with Crippen LogP contribution in [0.15, 0.2) is 41.3 Å². The van der Waals surface area contributed by atoms with E-state index in [1.54, 1.807) is 19.1 Å². The second kappa shape index (κ2) is 5.73. The molecule has 0 aliphatic heterocycles. The molecular formula is C15H16FNO3S. The van der Waals surface area contributed by atoms with Crippen molar-refractivity contribution in [1.82, 2.24) is 0 Å². The largest absolute Gasteiger partial charge is 0.494 e. The van der Waals surface area contributed by atoms with E-state index in [4.69, 9.17) is 10.5 Å². The molecular weight excluding hydrogens is 293 g/mol. The molecule has 0 amide bonds. The molecule has 0 saturated carbocycles. The first-order valence-electron chi connectivity index (χ1n) is 6.25. The third-order valence-electron chi connectivity index (χ3n) is 3.08. The Balaban J connectivity index is 2.37. The summed E-state index contributed by atoms with van der Waals surface area (Å²) in [5, 5.41) is 0. The second-order valence-corrected chi connectivity index (χ2v) is 6.73. The minimum Gasteiger partial charge on any atom is -0.494 e. The van der Waals surface area contributed by atoms with Gasteiger partial charge in [-0.2, -0.15) is 0 Å². The number of aryl methyl sites for hydroxylation is 1. The Bertz CT molecular complexity index is 772. The zero-order chi connectivity index (χ0) is 15.6. The molecule has 21 heavy (non-hydrogen) atoms. The number of nitrogen functional groups attached to an aromatic ring is 1. The lowest BCUT2D eigenvalue weighted by Crippen LogP contribution is -2.08. The number of anilines is 1. The zero-order valence-corrected chi connectivity index (χ0v) is 12.6. The fourth-order valence-corrected chi connectivity index (χ4v) is 3.57. The standard InChI is InChI=1S/C15H16FNO3S/c1-10-3-5-13(17)15(7-10)21(18,19)9-11-4-6-14(20-2)12(16)8-11/h3-8H,9,17H2,1-2H3. The highest BCUT2D eigenvalue weighted by Crippen LogP contribution is 2.25. The van der Waals surface area contributed by atoms with E-state index in [2.05, 4.69) is 0 Å². The van der Waals surface area contributed by atoms with Crippen molar-refractivity contribution in [3.05, 3.63) is 53.3 Å². The number of methoxy groups -OCH3 is 1. The van der Waals surface area contributed by atoms with E-state index in [-0.39, 0.29) is 22.1 Å². The first-order valence-corrected chi connectivity index (χ1v) is 7.90. The maximum atomic E-state index is 13.6. The number of sulfone groups is 1. The highest BCUT2D eigenvalue weighted by molar-refractivity contribution is 7.90. The van der Waals surface area contributed by atoms with Gasteiger partial charge in [0.05, 0.1) is 23.4 Å². The molecule has 0 fully saturated rings. The van der Waals surface area contributed by atoms with E-state index in [9.17, 15) is 12.8 Å². The Morgan fingerprint density at radius 3 is 2.52 bits per heavy atom. The summed E-state index contributed by atoms with van der Waals surface area (Å²) in [6.45, 7) is 1.78. The number of benzene rings is 2. The molecule has 4 nitrogen and oxygen atoms in total. The molecule has 0 heterocycles. The van der Waals surface area contributed by atoms with Crippen molar-refractivity contribution in [2.24, 2.45) is 0 Å². The molecule has 0 atom stereocenters. The van der Waals surface area contributed by atoms with Crippen LogP contribution >= 0.6 is 0 Å². The topological polar surface area (TPSA) is 69.4 Å². The monoisotopic (exact) mass is 309 g/mol. The van der Waals surface area contributed by atoms with E-state index in [1.807, 2.05) is 0 Å². The molecule has 0 aliphatic rings. The molecule has 0 saturated heterocycles. The predicted molar refractivity (Wildman–Crippen MR) is 79.4 cm³/mol. The lowest BCUT2D eigenvalue weighted by atomic mass is 10.2. The van der Waals surface area contributed by atoms with E-state index in [0.29, 0.717) is 5.56 Å². The average Bonchev–Trinajstić information content (AvgIpc) is 2.41. The van der Waals surface area contributed by atoms with Gasteiger partial charge in [-0.25, -0.2) is 12.8 Å². The SMILES string of the molecule is COc1ccc(CS(=O)(=O)c2cc(C)ccc2N)cc1F. The van der Waals surface area contributed by atoms with Crippen molar-refractivity contribution in [2.45, 2.75) is 17.6 Å². The minimum atomic E-state index is -3.64. The van der Waals surface area contributed by atoms with Crippen molar-refractivity contribution in [3.8, 4) is 5.75 Å². The predicted octanol–water partition coefficient (Wildman–Crippen LogP) is 2.70. The van der Waals surface area contributed by atoms with Gasteiger partial charge in [0.2, 0.25) is 0 Å². The number of nitrogens with two attached hydrogens (primary N) is 1. The Morgan fingerprint density at radius 1 is 1.19 bits per heavy atom. The minimum absolute atomic E-state index is 0.0683. The molecule has 0 aromatic heterocycles. The summed E-state index contributed by atoms with van der Waals surface area (Å²) in [6, 6.07) is 8.89. The maximum Gasteiger partial charge on any atom is 0.184 e. The van der Waals surface area contributed by atoms with Crippen molar-refractivity contribution in [3.63, 3.8) is 0 Å². The number of hydrogen-bond donors (Lipinski definition) is 1. The van der Waals surface area contributed by atoms with Crippen LogP contribution in [-0.4, -0.2) is 15.5 Å². The van der Waals surface area contributed by atoms with Gasteiger partial charge in [-0.1, -0.05) is 12.1 Å². The molecule has 0 radical (unpaired) electrons. The fourth-order valence-electron chi connectivity index (χ4n) is 2.01. The molecule has 2 rings (SSSR count). The van der Waals surface area contributed by atoms with E-state index in [1.165, 1.54) is 25.3 Å². The van der Waals surface area contributed by atoms with Crippen LogP contribution in [0.4, 0.5) is 10.1 Å². The summed E-state index contributed by atoms with van der Waals surface area (Å²) in [6.07, 6.45) is 0. The van der Waals surface area contributed by atoms with E-state index in [0.717, 1.165) is 11.6 Å². The number of halogens is 1. The second-order valence-electron chi connectivity index (χ2n) is 4.77. The number of ether oxygens (including phenoxy) is 1. The van der Waals surface area contributed by atoms with Crippen molar-refractivity contribution in [2.75, 3.05) is 12.8 Å². The van der Waals surface area contributed by atoms with Gasteiger partial charge in [-0.3, -0.25) is 0 Å². The van der Waals surface area contributed by atoms with Gasteiger partial charge in [0, 0.05) is 0 Å². The van der Waals surface area contributed by atoms with Crippen molar-refractivity contribution >= 4 is 15.5 Å². The molecule has 6 heteroatoms. The van der Waals surface area contributed by atoms with Crippen LogP contribution in [0.3, 0.4) is 0 Å². The fraction of sp³-hybridized carbons (Fsp3) is 0.200. The molecule has 2 aromatic rings. The quantitative estimate of drug-likeness (QED) is 0.882. The summed E-state index contributed by atoms with van der Waals surface area (Å²) in [4.78, 5) is 0.0683. The lowest BCUT2D eigenvalue weighted by molar-refractivity contribution is 0.386. The van der Waals surface area contributed by atoms with Crippen LogP contribution in [0.2, 0.25) is 0 Å². The van der Waals surface area contributed by atoms with Gasteiger partial charge in [0.1, 0.15) is 0 Å². The summed E-state index contributed by atoms with van der Waals surface area (Å²) < 4.78 is 43.2. The van der Waals surface area contributed by atoms with E-state index < -0.39 is 15.7 Å². The molecule has 0 unspecified atom stereocenters. The zero-order valence-electron chi connectivity index (χ0n) is 11.8. The van der Waals surface area contributed by atoms with Gasteiger partial charge < -0.3 is 10.5 Å². The number of hydrogen-bond acceptors (Lipinski definition) is 4. The molecule has 0 spiro atoms. The van der Waals surface area contributed by atoms with Gasteiger partial charge in [-0.15, -0.1) is 0 Å². The third-order valence-corrected chi connectivity index (χ3v) is 4.81. The molecule has 2 aromatic carbocycles. The highest BCUT2D eigenvalue weighted by atomic mass is 32.2.